The monoisotopic (exact) mass is 237 g/mol. The fourth-order valence-electron chi connectivity index (χ4n) is 2.56. The average Bonchev–Trinajstić information content (AvgIpc) is 2.37. The third-order valence-electron chi connectivity index (χ3n) is 3.25. The first-order chi connectivity index (χ1) is 8.36. The molecule has 1 aromatic rings. The Balaban J connectivity index is 2.23. The summed E-state index contributed by atoms with van der Waals surface area (Å²) in [6, 6.07) is 6.53. The van der Waals surface area contributed by atoms with Crippen molar-refractivity contribution in [2.45, 2.75) is 32.2 Å². The van der Waals surface area contributed by atoms with Crippen molar-refractivity contribution < 1.29 is 9.13 Å². The number of hydrogen-bond acceptors (Lipinski definition) is 2. The third kappa shape index (κ3) is 2.78. The van der Waals surface area contributed by atoms with E-state index < -0.39 is 6.67 Å². The van der Waals surface area contributed by atoms with Gasteiger partial charge in [0, 0.05) is 6.04 Å². The van der Waals surface area contributed by atoms with Crippen LogP contribution in [0, 0.1) is 0 Å². The van der Waals surface area contributed by atoms with Crippen LogP contribution in [0.5, 0.6) is 5.75 Å². The van der Waals surface area contributed by atoms with Gasteiger partial charge in [-0.1, -0.05) is 19.1 Å². The van der Waals surface area contributed by atoms with Gasteiger partial charge in [-0.3, -0.25) is 0 Å². The van der Waals surface area contributed by atoms with Gasteiger partial charge in [-0.05, 0) is 43.0 Å². The van der Waals surface area contributed by atoms with E-state index in [9.17, 15) is 4.39 Å². The highest BCUT2D eigenvalue weighted by atomic mass is 19.1. The van der Waals surface area contributed by atoms with E-state index in [2.05, 4.69) is 18.3 Å². The molecule has 0 aromatic heterocycles. The van der Waals surface area contributed by atoms with Crippen LogP contribution >= 0.6 is 0 Å². The number of alkyl halides is 1. The highest BCUT2D eigenvalue weighted by molar-refractivity contribution is 5.43. The van der Waals surface area contributed by atoms with Gasteiger partial charge in [0.2, 0.25) is 0 Å². The standard InChI is InChI=1S/C14H20FNO/c1-2-16-13-7-3-6-12-11(13)5-4-8-14(12)17-10-9-15/h4-5,8,13,16H,2-3,6-7,9-10H2,1H3. The number of rotatable bonds is 5. The van der Waals surface area contributed by atoms with E-state index in [1.54, 1.807) is 0 Å². The largest absolute Gasteiger partial charge is 0.491 e. The maximum atomic E-state index is 12.2. The van der Waals surface area contributed by atoms with E-state index in [4.69, 9.17) is 4.74 Å². The third-order valence-corrected chi connectivity index (χ3v) is 3.25. The van der Waals surface area contributed by atoms with Crippen LogP contribution in [-0.4, -0.2) is 19.8 Å². The predicted molar refractivity (Wildman–Crippen MR) is 67.3 cm³/mol. The van der Waals surface area contributed by atoms with Crippen LogP contribution in [0.2, 0.25) is 0 Å². The molecule has 1 aromatic carbocycles. The fraction of sp³-hybridized carbons (Fsp3) is 0.571. The number of fused-ring (bicyclic) bond motifs is 1. The zero-order valence-corrected chi connectivity index (χ0v) is 10.3. The van der Waals surface area contributed by atoms with Crippen molar-refractivity contribution in [2.24, 2.45) is 0 Å². The molecule has 1 N–H and O–H groups in total. The Morgan fingerprint density at radius 2 is 2.35 bits per heavy atom. The molecule has 0 spiro atoms. The van der Waals surface area contributed by atoms with E-state index in [1.165, 1.54) is 24.0 Å². The van der Waals surface area contributed by atoms with Crippen molar-refractivity contribution in [3.8, 4) is 5.75 Å². The van der Waals surface area contributed by atoms with E-state index in [0.29, 0.717) is 6.04 Å². The Morgan fingerprint density at radius 3 is 3.12 bits per heavy atom. The van der Waals surface area contributed by atoms with Gasteiger partial charge in [-0.25, -0.2) is 4.39 Å². The normalized spacial score (nSPS) is 18.8. The summed E-state index contributed by atoms with van der Waals surface area (Å²) < 4.78 is 17.6. The summed E-state index contributed by atoms with van der Waals surface area (Å²) in [5.41, 5.74) is 2.59. The molecule has 0 fully saturated rings. The molecule has 0 heterocycles. The van der Waals surface area contributed by atoms with Crippen molar-refractivity contribution in [1.29, 1.82) is 0 Å². The second kappa shape index (κ2) is 6.01. The Morgan fingerprint density at radius 1 is 1.47 bits per heavy atom. The lowest BCUT2D eigenvalue weighted by atomic mass is 9.87. The highest BCUT2D eigenvalue weighted by Gasteiger charge is 2.21. The number of benzene rings is 1. The van der Waals surface area contributed by atoms with Crippen LogP contribution in [0.4, 0.5) is 4.39 Å². The van der Waals surface area contributed by atoms with Crippen molar-refractivity contribution >= 4 is 0 Å². The molecule has 1 aliphatic rings. The average molecular weight is 237 g/mol. The Kier molecular flexibility index (Phi) is 4.37. The van der Waals surface area contributed by atoms with Gasteiger partial charge in [-0.2, -0.15) is 0 Å². The maximum Gasteiger partial charge on any atom is 0.123 e. The predicted octanol–water partition coefficient (Wildman–Crippen LogP) is 3.02. The van der Waals surface area contributed by atoms with E-state index in [0.717, 1.165) is 18.7 Å². The number of nitrogens with one attached hydrogen (secondary N) is 1. The summed E-state index contributed by atoms with van der Waals surface area (Å²) in [4.78, 5) is 0. The SMILES string of the molecule is CCNC1CCCc2c(OCCF)cccc21. The lowest BCUT2D eigenvalue weighted by Crippen LogP contribution is -2.25. The molecule has 0 saturated carbocycles. The van der Waals surface area contributed by atoms with E-state index >= 15 is 0 Å². The molecule has 0 bridgehead atoms. The van der Waals surface area contributed by atoms with Crippen LogP contribution in [0.1, 0.15) is 36.9 Å². The van der Waals surface area contributed by atoms with Crippen LogP contribution in [0.3, 0.4) is 0 Å². The van der Waals surface area contributed by atoms with E-state index in [1.807, 2.05) is 12.1 Å². The molecule has 1 atom stereocenters. The highest BCUT2D eigenvalue weighted by Crippen LogP contribution is 2.35. The zero-order chi connectivity index (χ0) is 12.1. The lowest BCUT2D eigenvalue weighted by molar-refractivity contribution is 0.269. The first kappa shape index (κ1) is 12.4. The first-order valence-corrected chi connectivity index (χ1v) is 6.40. The van der Waals surface area contributed by atoms with Crippen LogP contribution in [0.15, 0.2) is 18.2 Å². The minimum Gasteiger partial charge on any atom is -0.491 e. The van der Waals surface area contributed by atoms with Crippen LogP contribution in [-0.2, 0) is 6.42 Å². The van der Waals surface area contributed by atoms with Gasteiger partial charge in [0.05, 0.1) is 0 Å². The number of halogens is 1. The summed E-state index contributed by atoms with van der Waals surface area (Å²) in [5.74, 6) is 0.864. The molecule has 0 amide bonds. The molecule has 94 valence electrons. The zero-order valence-electron chi connectivity index (χ0n) is 10.3. The first-order valence-electron chi connectivity index (χ1n) is 6.40. The minimum absolute atomic E-state index is 0.155. The lowest BCUT2D eigenvalue weighted by Gasteiger charge is -2.27. The summed E-state index contributed by atoms with van der Waals surface area (Å²) in [5, 5.41) is 3.49. The van der Waals surface area contributed by atoms with Crippen LogP contribution < -0.4 is 10.1 Å². The summed E-state index contributed by atoms with van der Waals surface area (Å²) >= 11 is 0. The molecule has 17 heavy (non-hydrogen) atoms. The molecule has 2 rings (SSSR count). The van der Waals surface area contributed by atoms with Gasteiger partial charge in [0.15, 0.2) is 0 Å². The van der Waals surface area contributed by atoms with Crippen molar-refractivity contribution in [3.05, 3.63) is 29.3 Å². The quantitative estimate of drug-likeness (QED) is 0.850. The second-order valence-corrected chi connectivity index (χ2v) is 4.36. The molecular formula is C14H20FNO. The Bertz CT molecular complexity index is 367. The van der Waals surface area contributed by atoms with E-state index in [-0.39, 0.29) is 6.61 Å². The number of hydrogen-bond donors (Lipinski definition) is 1. The molecular weight excluding hydrogens is 217 g/mol. The van der Waals surface area contributed by atoms with Gasteiger partial charge in [-0.15, -0.1) is 0 Å². The van der Waals surface area contributed by atoms with Gasteiger partial charge >= 0.3 is 0 Å². The summed E-state index contributed by atoms with van der Waals surface area (Å²) in [6.07, 6.45) is 3.38. The Labute approximate surface area is 102 Å². The molecule has 1 unspecified atom stereocenters. The Hall–Kier alpha value is -1.09. The molecule has 0 radical (unpaired) electrons. The second-order valence-electron chi connectivity index (χ2n) is 4.36. The van der Waals surface area contributed by atoms with Gasteiger partial charge in [0.25, 0.3) is 0 Å². The molecule has 3 heteroatoms. The number of ether oxygens (including phenoxy) is 1. The van der Waals surface area contributed by atoms with Crippen molar-refractivity contribution in [1.82, 2.24) is 5.32 Å². The summed E-state index contributed by atoms with van der Waals surface area (Å²) in [7, 11) is 0. The fourth-order valence-corrected chi connectivity index (χ4v) is 2.56. The molecule has 0 aliphatic heterocycles. The molecule has 1 aliphatic carbocycles. The van der Waals surface area contributed by atoms with Crippen molar-refractivity contribution in [2.75, 3.05) is 19.8 Å². The van der Waals surface area contributed by atoms with Gasteiger partial charge in [0.1, 0.15) is 19.0 Å². The molecule has 0 saturated heterocycles. The summed E-state index contributed by atoms with van der Waals surface area (Å²) in [6.45, 7) is 2.82. The van der Waals surface area contributed by atoms with Crippen LogP contribution in [0.25, 0.3) is 0 Å². The van der Waals surface area contributed by atoms with Gasteiger partial charge < -0.3 is 10.1 Å². The molecule has 2 nitrogen and oxygen atoms in total. The maximum absolute atomic E-state index is 12.2. The smallest absolute Gasteiger partial charge is 0.123 e. The topological polar surface area (TPSA) is 21.3 Å². The minimum atomic E-state index is -0.430. The van der Waals surface area contributed by atoms with Crippen molar-refractivity contribution in [3.63, 3.8) is 0 Å².